The molecule has 0 unspecified atom stereocenters. The summed E-state index contributed by atoms with van der Waals surface area (Å²) in [6, 6.07) is 10.9. The molecule has 0 aromatic heterocycles. The van der Waals surface area contributed by atoms with Crippen LogP contribution in [0, 0.1) is 11.7 Å². The standard InChI is InChI=1S/C20H20FN3O6S/c1-12(19(26)23-14-6-8-15(9-7-14)31(22,28)29)30-20(27)13-10-18(25)24(11-13)17-5-3-2-4-16(17)21/h2-9,12-13H,10-11H2,1H3,(H,23,26)(H2,22,28,29)/t12-,13+/m1/s1. The van der Waals surface area contributed by atoms with Crippen molar-refractivity contribution >= 4 is 39.2 Å². The van der Waals surface area contributed by atoms with Crippen molar-refractivity contribution in [2.75, 3.05) is 16.8 Å². The Bertz CT molecular complexity index is 1120. The molecular weight excluding hydrogens is 429 g/mol. The molecule has 164 valence electrons. The van der Waals surface area contributed by atoms with Gasteiger partial charge in [-0.15, -0.1) is 0 Å². The number of rotatable bonds is 6. The Hall–Kier alpha value is -3.31. The third kappa shape index (κ3) is 5.25. The van der Waals surface area contributed by atoms with Gasteiger partial charge in [-0.05, 0) is 43.3 Å². The van der Waals surface area contributed by atoms with E-state index in [1.165, 1.54) is 54.3 Å². The number of halogens is 1. The van der Waals surface area contributed by atoms with Crippen LogP contribution in [0.5, 0.6) is 0 Å². The lowest BCUT2D eigenvalue weighted by Crippen LogP contribution is -2.33. The number of hydrogen-bond acceptors (Lipinski definition) is 6. The van der Waals surface area contributed by atoms with Gasteiger partial charge in [0.1, 0.15) is 5.82 Å². The highest BCUT2D eigenvalue weighted by Gasteiger charge is 2.38. The zero-order valence-corrected chi connectivity index (χ0v) is 17.3. The molecule has 1 fully saturated rings. The number of nitrogens with zero attached hydrogens (tertiary/aromatic N) is 1. The highest BCUT2D eigenvalue weighted by atomic mass is 32.2. The Morgan fingerprint density at radius 2 is 1.84 bits per heavy atom. The SMILES string of the molecule is C[C@@H](OC(=O)[C@H]1CC(=O)N(c2ccccc2F)C1)C(=O)Nc1ccc(S(N)(=O)=O)cc1. The minimum atomic E-state index is -3.86. The summed E-state index contributed by atoms with van der Waals surface area (Å²) in [5.41, 5.74) is 0.360. The molecule has 3 rings (SSSR count). The van der Waals surface area contributed by atoms with Gasteiger partial charge in [-0.25, -0.2) is 17.9 Å². The maximum absolute atomic E-state index is 14.0. The summed E-state index contributed by atoms with van der Waals surface area (Å²) in [5, 5.41) is 7.50. The number of para-hydroxylation sites is 1. The molecule has 2 aromatic carbocycles. The Kier molecular flexibility index (Phi) is 6.37. The van der Waals surface area contributed by atoms with E-state index < -0.39 is 45.6 Å². The number of sulfonamides is 1. The van der Waals surface area contributed by atoms with Crippen molar-refractivity contribution in [3.8, 4) is 0 Å². The molecule has 0 radical (unpaired) electrons. The van der Waals surface area contributed by atoms with Crippen molar-refractivity contribution < 1.29 is 31.9 Å². The maximum Gasteiger partial charge on any atom is 0.312 e. The molecule has 0 spiro atoms. The van der Waals surface area contributed by atoms with Crippen LogP contribution >= 0.6 is 0 Å². The third-order valence-electron chi connectivity index (χ3n) is 4.71. The predicted molar refractivity (Wildman–Crippen MR) is 109 cm³/mol. The Labute approximate surface area is 178 Å². The first-order valence-corrected chi connectivity index (χ1v) is 10.8. The second kappa shape index (κ2) is 8.82. The lowest BCUT2D eigenvalue weighted by Gasteiger charge is -2.18. The van der Waals surface area contributed by atoms with Crippen LogP contribution in [0.2, 0.25) is 0 Å². The average molecular weight is 449 g/mol. The van der Waals surface area contributed by atoms with Crippen LogP contribution in [0.25, 0.3) is 0 Å². The van der Waals surface area contributed by atoms with Gasteiger partial charge in [0.05, 0.1) is 16.5 Å². The van der Waals surface area contributed by atoms with Crippen LogP contribution in [0.3, 0.4) is 0 Å². The summed E-state index contributed by atoms with van der Waals surface area (Å²) in [6.07, 6.45) is -1.33. The summed E-state index contributed by atoms with van der Waals surface area (Å²) in [5.74, 6) is -3.23. The number of benzene rings is 2. The molecule has 1 heterocycles. The molecule has 9 nitrogen and oxygen atoms in total. The topological polar surface area (TPSA) is 136 Å². The molecule has 11 heteroatoms. The van der Waals surface area contributed by atoms with Gasteiger partial charge in [0.25, 0.3) is 5.91 Å². The molecule has 2 amide bonds. The van der Waals surface area contributed by atoms with E-state index in [-0.39, 0.29) is 29.2 Å². The zero-order chi connectivity index (χ0) is 22.8. The molecule has 31 heavy (non-hydrogen) atoms. The van der Waals surface area contributed by atoms with Gasteiger partial charge in [-0.1, -0.05) is 12.1 Å². The number of hydrogen-bond donors (Lipinski definition) is 2. The number of nitrogens with one attached hydrogen (secondary N) is 1. The summed E-state index contributed by atoms with van der Waals surface area (Å²) < 4.78 is 41.6. The summed E-state index contributed by atoms with van der Waals surface area (Å²) in [6.45, 7) is 1.30. The fraction of sp³-hybridized carbons (Fsp3) is 0.250. The number of carbonyl (C=O) groups is 3. The number of nitrogens with two attached hydrogens (primary N) is 1. The van der Waals surface area contributed by atoms with E-state index in [2.05, 4.69) is 5.32 Å². The van der Waals surface area contributed by atoms with Crippen molar-refractivity contribution in [1.29, 1.82) is 0 Å². The molecule has 2 atom stereocenters. The molecule has 0 saturated carbocycles. The minimum absolute atomic E-state index is 0.0536. The fourth-order valence-corrected chi connectivity index (χ4v) is 3.58. The van der Waals surface area contributed by atoms with Crippen LogP contribution in [0.1, 0.15) is 13.3 Å². The molecule has 1 aliphatic rings. The van der Waals surface area contributed by atoms with Crippen molar-refractivity contribution in [2.45, 2.75) is 24.3 Å². The van der Waals surface area contributed by atoms with Gasteiger partial charge in [0, 0.05) is 18.7 Å². The Morgan fingerprint density at radius 1 is 1.19 bits per heavy atom. The largest absolute Gasteiger partial charge is 0.452 e. The monoisotopic (exact) mass is 449 g/mol. The summed E-state index contributed by atoms with van der Waals surface area (Å²) in [4.78, 5) is 38.0. The van der Waals surface area contributed by atoms with Gasteiger partial charge in [-0.2, -0.15) is 0 Å². The second-order valence-electron chi connectivity index (χ2n) is 6.99. The predicted octanol–water partition coefficient (Wildman–Crippen LogP) is 1.40. The van der Waals surface area contributed by atoms with E-state index in [4.69, 9.17) is 9.88 Å². The van der Waals surface area contributed by atoms with Crippen LogP contribution in [-0.2, 0) is 29.1 Å². The van der Waals surface area contributed by atoms with Gasteiger partial charge in [-0.3, -0.25) is 14.4 Å². The molecule has 1 aliphatic heterocycles. The van der Waals surface area contributed by atoms with E-state index in [9.17, 15) is 27.2 Å². The number of ether oxygens (including phenoxy) is 1. The number of anilines is 2. The smallest absolute Gasteiger partial charge is 0.312 e. The van der Waals surface area contributed by atoms with E-state index >= 15 is 0 Å². The van der Waals surface area contributed by atoms with Gasteiger partial charge in [0.2, 0.25) is 15.9 Å². The number of esters is 1. The molecule has 1 saturated heterocycles. The first kappa shape index (κ1) is 22.4. The first-order chi connectivity index (χ1) is 14.6. The first-order valence-electron chi connectivity index (χ1n) is 9.25. The van der Waals surface area contributed by atoms with Gasteiger partial charge < -0.3 is 15.0 Å². The van der Waals surface area contributed by atoms with Crippen LogP contribution in [-0.4, -0.2) is 38.9 Å². The zero-order valence-electron chi connectivity index (χ0n) is 16.4. The highest BCUT2D eigenvalue weighted by molar-refractivity contribution is 7.89. The molecule has 0 aliphatic carbocycles. The van der Waals surface area contributed by atoms with Crippen LogP contribution in [0.4, 0.5) is 15.8 Å². The molecular formula is C20H20FN3O6S. The summed E-state index contributed by atoms with van der Waals surface area (Å²) >= 11 is 0. The highest BCUT2D eigenvalue weighted by Crippen LogP contribution is 2.28. The van der Waals surface area contributed by atoms with Crippen LogP contribution < -0.4 is 15.4 Å². The second-order valence-corrected chi connectivity index (χ2v) is 8.56. The molecule has 2 aromatic rings. The van der Waals surface area contributed by atoms with E-state index in [0.29, 0.717) is 0 Å². The van der Waals surface area contributed by atoms with Gasteiger partial charge >= 0.3 is 5.97 Å². The van der Waals surface area contributed by atoms with E-state index in [1.807, 2.05) is 0 Å². The summed E-state index contributed by atoms with van der Waals surface area (Å²) in [7, 11) is -3.86. The quantitative estimate of drug-likeness (QED) is 0.640. The maximum atomic E-state index is 14.0. The lowest BCUT2D eigenvalue weighted by molar-refractivity contribution is -0.157. The third-order valence-corrected chi connectivity index (χ3v) is 5.64. The van der Waals surface area contributed by atoms with Crippen molar-refractivity contribution in [2.24, 2.45) is 11.1 Å². The number of primary sulfonamides is 1. The van der Waals surface area contributed by atoms with E-state index in [1.54, 1.807) is 6.07 Å². The normalized spacial score (nSPS) is 17.3. The molecule has 3 N–H and O–H groups in total. The van der Waals surface area contributed by atoms with Crippen molar-refractivity contribution in [3.63, 3.8) is 0 Å². The van der Waals surface area contributed by atoms with E-state index in [0.717, 1.165) is 0 Å². The number of amides is 2. The fourth-order valence-electron chi connectivity index (χ4n) is 3.06. The van der Waals surface area contributed by atoms with Crippen molar-refractivity contribution in [1.82, 2.24) is 0 Å². The Balaban J connectivity index is 1.58. The van der Waals surface area contributed by atoms with Crippen LogP contribution in [0.15, 0.2) is 53.4 Å². The lowest BCUT2D eigenvalue weighted by atomic mass is 10.1. The average Bonchev–Trinajstić information content (AvgIpc) is 3.09. The number of carbonyl (C=O) groups excluding carboxylic acids is 3. The van der Waals surface area contributed by atoms with Gasteiger partial charge in [0.15, 0.2) is 6.10 Å². The Morgan fingerprint density at radius 3 is 2.45 bits per heavy atom. The van der Waals surface area contributed by atoms with Crippen molar-refractivity contribution in [3.05, 3.63) is 54.3 Å². The minimum Gasteiger partial charge on any atom is -0.452 e. The molecule has 0 bridgehead atoms.